The van der Waals surface area contributed by atoms with Gasteiger partial charge in [0.05, 0.1) is 12.0 Å². The van der Waals surface area contributed by atoms with E-state index in [1.807, 2.05) is 20.8 Å². The Bertz CT molecular complexity index is 180. The van der Waals surface area contributed by atoms with Crippen molar-refractivity contribution in [2.45, 2.75) is 40.4 Å². The Balaban J connectivity index is 3.93. The van der Waals surface area contributed by atoms with Gasteiger partial charge in [-0.1, -0.05) is 6.92 Å². The highest BCUT2D eigenvalue weighted by Crippen LogP contribution is 2.22. The first-order chi connectivity index (χ1) is 6.44. The van der Waals surface area contributed by atoms with E-state index in [1.54, 1.807) is 6.92 Å². The van der Waals surface area contributed by atoms with Gasteiger partial charge in [-0.15, -0.1) is 11.6 Å². The van der Waals surface area contributed by atoms with Crippen LogP contribution in [-0.4, -0.2) is 24.7 Å². The number of carbonyl (C=O) groups is 1. The summed E-state index contributed by atoms with van der Waals surface area (Å²) in [6, 6.07) is 0. The Morgan fingerprint density at radius 3 is 2.50 bits per heavy atom. The van der Waals surface area contributed by atoms with E-state index in [9.17, 15) is 4.79 Å². The van der Waals surface area contributed by atoms with Crippen LogP contribution in [0.4, 0.5) is 0 Å². The molecule has 0 aromatic rings. The topological polar surface area (TPSA) is 35.5 Å². The van der Waals surface area contributed by atoms with Crippen LogP contribution in [0, 0.1) is 5.41 Å². The zero-order valence-electron chi connectivity index (χ0n) is 9.30. The summed E-state index contributed by atoms with van der Waals surface area (Å²) in [4.78, 5) is 11.5. The van der Waals surface area contributed by atoms with Gasteiger partial charge in [0.1, 0.15) is 0 Å². The first-order valence-corrected chi connectivity index (χ1v) is 5.36. The van der Waals surface area contributed by atoms with E-state index in [1.165, 1.54) is 0 Å². The standard InChI is InChI=1S/C10H19ClO3/c1-5-10(3,4)9(12)14-8(2)13-7-6-11/h8H,5-7H2,1-4H3. The average molecular weight is 223 g/mol. The van der Waals surface area contributed by atoms with Gasteiger partial charge in [0.15, 0.2) is 6.29 Å². The molecule has 1 atom stereocenters. The molecule has 4 heteroatoms. The van der Waals surface area contributed by atoms with Crippen LogP contribution < -0.4 is 0 Å². The van der Waals surface area contributed by atoms with Crippen LogP contribution in [0.1, 0.15) is 34.1 Å². The van der Waals surface area contributed by atoms with Gasteiger partial charge in [-0.3, -0.25) is 4.79 Å². The first-order valence-electron chi connectivity index (χ1n) is 4.82. The number of rotatable bonds is 6. The van der Waals surface area contributed by atoms with Crippen LogP contribution in [0.25, 0.3) is 0 Å². The number of alkyl halides is 1. The third-order valence-electron chi connectivity index (χ3n) is 2.14. The molecular weight excluding hydrogens is 204 g/mol. The lowest BCUT2D eigenvalue weighted by atomic mass is 9.91. The summed E-state index contributed by atoms with van der Waals surface area (Å²) >= 11 is 5.43. The molecule has 0 fully saturated rings. The van der Waals surface area contributed by atoms with Gasteiger partial charge in [0, 0.05) is 5.88 Å². The van der Waals surface area contributed by atoms with E-state index in [0.29, 0.717) is 12.5 Å². The molecule has 0 heterocycles. The number of esters is 1. The highest BCUT2D eigenvalue weighted by Gasteiger charge is 2.28. The summed E-state index contributed by atoms with van der Waals surface area (Å²) in [5.74, 6) is 0.168. The van der Waals surface area contributed by atoms with Crippen molar-refractivity contribution in [3.63, 3.8) is 0 Å². The number of hydrogen-bond acceptors (Lipinski definition) is 3. The van der Waals surface area contributed by atoms with Crippen molar-refractivity contribution in [1.29, 1.82) is 0 Å². The lowest BCUT2D eigenvalue weighted by Crippen LogP contribution is -2.30. The zero-order chi connectivity index (χ0) is 11.2. The van der Waals surface area contributed by atoms with E-state index in [2.05, 4.69) is 0 Å². The van der Waals surface area contributed by atoms with E-state index < -0.39 is 11.7 Å². The number of carbonyl (C=O) groups excluding carboxylic acids is 1. The Morgan fingerprint density at radius 1 is 1.50 bits per heavy atom. The second-order valence-electron chi connectivity index (χ2n) is 3.77. The molecule has 0 aliphatic carbocycles. The normalized spacial score (nSPS) is 13.8. The average Bonchev–Trinajstić information content (AvgIpc) is 2.14. The van der Waals surface area contributed by atoms with Crippen LogP contribution in [0.15, 0.2) is 0 Å². The van der Waals surface area contributed by atoms with E-state index in [0.717, 1.165) is 6.42 Å². The van der Waals surface area contributed by atoms with E-state index >= 15 is 0 Å². The van der Waals surface area contributed by atoms with Gasteiger partial charge in [-0.2, -0.15) is 0 Å². The summed E-state index contributed by atoms with van der Waals surface area (Å²) < 4.78 is 10.2. The molecule has 0 saturated heterocycles. The van der Waals surface area contributed by atoms with Crippen molar-refractivity contribution in [2.75, 3.05) is 12.5 Å². The van der Waals surface area contributed by atoms with Crippen LogP contribution >= 0.6 is 11.6 Å². The fourth-order valence-electron chi connectivity index (χ4n) is 0.699. The lowest BCUT2D eigenvalue weighted by Gasteiger charge is -2.23. The molecule has 0 spiro atoms. The third-order valence-corrected chi connectivity index (χ3v) is 2.29. The van der Waals surface area contributed by atoms with Crippen LogP contribution in [0.3, 0.4) is 0 Å². The lowest BCUT2D eigenvalue weighted by molar-refractivity contribution is -0.183. The van der Waals surface area contributed by atoms with Crippen LogP contribution in [0.5, 0.6) is 0 Å². The highest BCUT2D eigenvalue weighted by molar-refractivity contribution is 6.17. The van der Waals surface area contributed by atoms with Crippen molar-refractivity contribution >= 4 is 17.6 Å². The zero-order valence-corrected chi connectivity index (χ0v) is 10.1. The van der Waals surface area contributed by atoms with E-state index in [4.69, 9.17) is 21.1 Å². The summed E-state index contributed by atoms with van der Waals surface area (Å²) in [5, 5.41) is 0. The first kappa shape index (κ1) is 13.7. The minimum Gasteiger partial charge on any atom is -0.436 e. The minimum atomic E-state index is -0.521. The summed E-state index contributed by atoms with van der Waals surface area (Å²) in [6.07, 6.45) is 0.223. The van der Waals surface area contributed by atoms with Gasteiger partial charge in [-0.25, -0.2) is 0 Å². The maximum atomic E-state index is 11.5. The minimum absolute atomic E-state index is 0.234. The second-order valence-corrected chi connectivity index (χ2v) is 4.15. The largest absolute Gasteiger partial charge is 0.436 e. The van der Waals surface area contributed by atoms with Gasteiger partial charge in [-0.05, 0) is 27.2 Å². The quantitative estimate of drug-likeness (QED) is 0.394. The van der Waals surface area contributed by atoms with Crippen molar-refractivity contribution in [3.05, 3.63) is 0 Å². The maximum absolute atomic E-state index is 11.5. The molecule has 0 N–H and O–H groups in total. The molecule has 0 aliphatic heterocycles. The van der Waals surface area contributed by atoms with Crippen molar-refractivity contribution < 1.29 is 14.3 Å². The summed E-state index contributed by atoms with van der Waals surface area (Å²) in [6.45, 7) is 7.73. The molecule has 0 aromatic heterocycles. The molecule has 84 valence electrons. The van der Waals surface area contributed by atoms with E-state index in [-0.39, 0.29) is 5.97 Å². The van der Waals surface area contributed by atoms with Crippen LogP contribution in [0.2, 0.25) is 0 Å². The molecule has 1 unspecified atom stereocenters. The molecule has 14 heavy (non-hydrogen) atoms. The van der Waals surface area contributed by atoms with Crippen molar-refractivity contribution in [1.82, 2.24) is 0 Å². The van der Waals surface area contributed by atoms with Gasteiger partial charge in [0.2, 0.25) is 0 Å². The number of hydrogen-bond donors (Lipinski definition) is 0. The Labute approximate surface area is 90.7 Å². The highest BCUT2D eigenvalue weighted by atomic mass is 35.5. The smallest absolute Gasteiger partial charge is 0.313 e. The summed E-state index contributed by atoms with van der Waals surface area (Å²) in [5.41, 5.74) is -0.446. The molecule has 0 saturated carbocycles. The molecule has 0 amide bonds. The Morgan fingerprint density at radius 2 is 2.07 bits per heavy atom. The number of halogens is 1. The predicted octanol–water partition coefficient (Wildman–Crippen LogP) is 2.57. The molecule has 0 aromatic carbocycles. The molecule has 0 radical (unpaired) electrons. The Hall–Kier alpha value is -0.280. The van der Waals surface area contributed by atoms with Gasteiger partial charge < -0.3 is 9.47 Å². The molecular formula is C10H19ClO3. The maximum Gasteiger partial charge on any atom is 0.313 e. The van der Waals surface area contributed by atoms with Crippen LogP contribution in [-0.2, 0) is 14.3 Å². The monoisotopic (exact) mass is 222 g/mol. The molecule has 0 bridgehead atoms. The molecule has 3 nitrogen and oxygen atoms in total. The predicted molar refractivity (Wildman–Crippen MR) is 56.3 cm³/mol. The van der Waals surface area contributed by atoms with Gasteiger partial charge in [0.25, 0.3) is 0 Å². The molecule has 0 rings (SSSR count). The van der Waals surface area contributed by atoms with Gasteiger partial charge >= 0.3 is 5.97 Å². The summed E-state index contributed by atoms with van der Waals surface area (Å²) in [7, 11) is 0. The van der Waals surface area contributed by atoms with Crippen molar-refractivity contribution in [2.24, 2.45) is 5.41 Å². The second kappa shape index (κ2) is 6.25. The SMILES string of the molecule is CCC(C)(C)C(=O)OC(C)OCCCl. The third kappa shape index (κ3) is 4.82. The Kier molecular flexibility index (Phi) is 6.12. The van der Waals surface area contributed by atoms with Crippen molar-refractivity contribution in [3.8, 4) is 0 Å². The number of ether oxygens (including phenoxy) is 2. The molecule has 0 aliphatic rings. The fraction of sp³-hybridized carbons (Fsp3) is 0.900. The fourth-order valence-corrected chi connectivity index (χ4v) is 0.788.